The van der Waals surface area contributed by atoms with Gasteiger partial charge in [0.2, 0.25) is 5.91 Å². The summed E-state index contributed by atoms with van der Waals surface area (Å²) in [6, 6.07) is 9.79. The molecule has 1 heterocycles. The lowest BCUT2D eigenvalue weighted by molar-refractivity contribution is -0.384. The molecule has 2 aromatic rings. The van der Waals surface area contributed by atoms with Crippen molar-refractivity contribution in [2.45, 2.75) is 12.8 Å². The largest absolute Gasteiger partial charge is 0.506 e. The van der Waals surface area contributed by atoms with Gasteiger partial charge in [0.15, 0.2) is 0 Å². The van der Waals surface area contributed by atoms with Gasteiger partial charge in [0.05, 0.1) is 21.7 Å². The number of benzene rings is 2. The van der Waals surface area contributed by atoms with E-state index in [1.165, 1.54) is 0 Å². The molecule has 0 saturated heterocycles. The summed E-state index contributed by atoms with van der Waals surface area (Å²) in [5.41, 5.74) is 0.339. The zero-order valence-electron chi connectivity index (χ0n) is 14.0. The van der Waals surface area contributed by atoms with Crippen LogP contribution in [0.1, 0.15) is 33.6 Å². The lowest BCUT2D eigenvalue weighted by atomic mass is 10.1. The fourth-order valence-electron chi connectivity index (χ4n) is 2.79. The van der Waals surface area contributed by atoms with Crippen LogP contribution < -0.4 is 5.32 Å². The predicted molar refractivity (Wildman–Crippen MR) is 94.4 cm³/mol. The topological polar surface area (TPSA) is 130 Å². The predicted octanol–water partition coefficient (Wildman–Crippen LogP) is 2.32. The van der Waals surface area contributed by atoms with E-state index in [1.54, 1.807) is 24.3 Å². The summed E-state index contributed by atoms with van der Waals surface area (Å²) < 4.78 is 0. The average molecular weight is 369 g/mol. The van der Waals surface area contributed by atoms with Gasteiger partial charge in [-0.3, -0.25) is 29.4 Å². The third-order valence-electron chi connectivity index (χ3n) is 4.13. The third-order valence-corrected chi connectivity index (χ3v) is 4.13. The lowest BCUT2D eigenvalue weighted by Crippen LogP contribution is -2.31. The van der Waals surface area contributed by atoms with Gasteiger partial charge in [-0.15, -0.1) is 0 Å². The maximum absolute atomic E-state index is 12.2. The highest BCUT2D eigenvalue weighted by Crippen LogP contribution is 2.28. The molecule has 3 rings (SSSR count). The van der Waals surface area contributed by atoms with Gasteiger partial charge in [-0.2, -0.15) is 0 Å². The fraction of sp³-hybridized carbons (Fsp3) is 0.167. The molecule has 138 valence electrons. The van der Waals surface area contributed by atoms with E-state index < -0.39 is 22.6 Å². The third kappa shape index (κ3) is 3.61. The number of imide groups is 1. The smallest absolute Gasteiger partial charge is 0.271 e. The summed E-state index contributed by atoms with van der Waals surface area (Å²) in [6.07, 6.45) is 0.183. The number of nitro benzene ring substituents is 1. The first kappa shape index (κ1) is 18.1. The summed E-state index contributed by atoms with van der Waals surface area (Å²) in [4.78, 5) is 47.7. The molecule has 9 nitrogen and oxygen atoms in total. The van der Waals surface area contributed by atoms with Gasteiger partial charge in [0, 0.05) is 25.1 Å². The number of fused-ring (bicyclic) bond motifs is 1. The number of amides is 3. The number of nitrogens with one attached hydrogen (secondary N) is 1. The minimum absolute atomic E-state index is 0.0322. The molecule has 0 bridgehead atoms. The number of carbonyl (C=O) groups excluding carboxylic acids is 3. The molecular formula is C18H15N3O6. The Hall–Kier alpha value is -3.75. The van der Waals surface area contributed by atoms with Crippen LogP contribution >= 0.6 is 0 Å². The number of phenolic OH excluding ortho intramolecular Hbond substituents is 1. The number of nitrogens with zero attached hydrogens (tertiary/aromatic N) is 2. The Balaban J connectivity index is 1.57. The van der Waals surface area contributed by atoms with Crippen LogP contribution in [0.15, 0.2) is 42.5 Å². The first-order valence-electron chi connectivity index (χ1n) is 8.11. The zero-order valence-corrected chi connectivity index (χ0v) is 14.0. The van der Waals surface area contributed by atoms with Gasteiger partial charge in [0.25, 0.3) is 17.5 Å². The van der Waals surface area contributed by atoms with Gasteiger partial charge >= 0.3 is 0 Å². The second-order valence-electron chi connectivity index (χ2n) is 5.92. The van der Waals surface area contributed by atoms with Crippen LogP contribution in [-0.4, -0.2) is 39.2 Å². The maximum Gasteiger partial charge on any atom is 0.271 e. The van der Waals surface area contributed by atoms with E-state index in [-0.39, 0.29) is 36.5 Å². The van der Waals surface area contributed by atoms with Crippen LogP contribution in [0.25, 0.3) is 0 Å². The highest BCUT2D eigenvalue weighted by Gasteiger charge is 2.34. The van der Waals surface area contributed by atoms with Crippen molar-refractivity contribution in [3.63, 3.8) is 0 Å². The monoisotopic (exact) mass is 369 g/mol. The summed E-state index contributed by atoms with van der Waals surface area (Å²) in [5.74, 6) is -1.59. The second-order valence-corrected chi connectivity index (χ2v) is 5.92. The van der Waals surface area contributed by atoms with Crippen molar-refractivity contribution < 1.29 is 24.4 Å². The summed E-state index contributed by atoms with van der Waals surface area (Å²) in [7, 11) is 0. The number of non-ortho nitro benzene ring substituents is 1. The molecule has 0 radical (unpaired) electrons. The normalized spacial score (nSPS) is 12.8. The van der Waals surface area contributed by atoms with Crippen molar-refractivity contribution in [2.75, 3.05) is 11.9 Å². The molecule has 1 aliphatic heterocycles. The molecule has 2 N–H and O–H groups in total. The Labute approximate surface area is 153 Å². The van der Waals surface area contributed by atoms with Crippen LogP contribution in [0.4, 0.5) is 11.4 Å². The van der Waals surface area contributed by atoms with Crippen molar-refractivity contribution in [2.24, 2.45) is 0 Å². The van der Waals surface area contributed by atoms with E-state index in [1.807, 2.05) is 0 Å². The molecule has 3 amide bonds. The Morgan fingerprint density at radius 1 is 1.11 bits per heavy atom. The van der Waals surface area contributed by atoms with E-state index in [0.717, 1.165) is 23.1 Å². The molecule has 0 saturated carbocycles. The minimum Gasteiger partial charge on any atom is -0.506 e. The molecule has 0 unspecified atom stereocenters. The average Bonchev–Trinajstić information content (AvgIpc) is 2.88. The second kappa shape index (κ2) is 7.24. The van der Waals surface area contributed by atoms with Crippen LogP contribution in [0.5, 0.6) is 5.75 Å². The minimum atomic E-state index is -0.642. The highest BCUT2D eigenvalue weighted by molar-refractivity contribution is 6.21. The summed E-state index contributed by atoms with van der Waals surface area (Å²) in [6.45, 7) is 0.0701. The van der Waals surface area contributed by atoms with Crippen LogP contribution in [0.2, 0.25) is 0 Å². The number of carbonyl (C=O) groups is 3. The van der Waals surface area contributed by atoms with E-state index in [2.05, 4.69) is 5.32 Å². The molecule has 0 fully saturated rings. The number of hydrogen-bond acceptors (Lipinski definition) is 6. The highest BCUT2D eigenvalue weighted by atomic mass is 16.6. The number of phenols is 1. The van der Waals surface area contributed by atoms with Gasteiger partial charge in [-0.05, 0) is 24.6 Å². The zero-order chi connectivity index (χ0) is 19.6. The first-order chi connectivity index (χ1) is 12.9. The van der Waals surface area contributed by atoms with E-state index >= 15 is 0 Å². The van der Waals surface area contributed by atoms with Crippen molar-refractivity contribution in [3.05, 3.63) is 63.7 Å². The molecule has 1 aliphatic rings. The molecule has 2 aromatic carbocycles. The molecule has 9 heteroatoms. The van der Waals surface area contributed by atoms with E-state index in [4.69, 9.17) is 0 Å². The van der Waals surface area contributed by atoms with Gasteiger partial charge in [-0.1, -0.05) is 12.1 Å². The van der Waals surface area contributed by atoms with Gasteiger partial charge in [-0.25, -0.2) is 0 Å². The number of nitro groups is 1. The SMILES string of the molecule is O=C(CCCN1C(=O)c2ccccc2C1=O)Nc1cc([N+](=O)[O-])ccc1O. The van der Waals surface area contributed by atoms with E-state index in [9.17, 15) is 29.6 Å². The first-order valence-corrected chi connectivity index (χ1v) is 8.11. The number of aromatic hydroxyl groups is 1. The Morgan fingerprint density at radius 3 is 2.33 bits per heavy atom. The quantitative estimate of drug-likeness (QED) is 0.348. The number of anilines is 1. The molecule has 0 spiro atoms. The standard InChI is InChI=1S/C18H15N3O6/c22-15-8-7-11(21(26)27)10-14(15)19-16(23)6-3-9-20-17(24)12-4-1-2-5-13(12)18(20)25/h1-2,4-5,7-8,10,22H,3,6,9H2,(H,19,23). The van der Waals surface area contributed by atoms with Gasteiger partial charge < -0.3 is 10.4 Å². The van der Waals surface area contributed by atoms with Crippen molar-refractivity contribution in [1.29, 1.82) is 0 Å². The molecule has 0 aromatic heterocycles. The summed E-state index contributed by atoms with van der Waals surface area (Å²) >= 11 is 0. The lowest BCUT2D eigenvalue weighted by Gasteiger charge is -2.13. The fourth-order valence-corrected chi connectivity index (χ4v) is 2.79. The molecule has 27 heavy (non-hydrogen) atoms. The number of hydrogen-bond donors (Lipinski definition) is 2. The van der Waals surface area contributed by atoms with Crippen LogP contribution in [0, 0.1) is 10.1 Å². The van der Waals surface area contributed by atoms with Crippen LogP contribution in [-0.2, 0) is 4.79 Å². The Kier molecular flexibility index (Phi) is 4.84. The molecule has 0 aliphatic carbocycles. The Bertz CT molecular complexity index is 921. The molecular weight excluding hydrogens is 354 g/mol. The maximum atomic E-state index is 12.2. The van der Waals surface area contributed by atoms with Gasteiger partial charge in [0.1, 0.15) is 5.75 Å². The Morgan fingerprint density at radius 2 is 1.74 bits per heavy atom. The van der Waals surface area contributed by atoms with Crippen molar-refractivity contribution in [1.82, 2.24) is 4.90 Å². The number of rotatable bonds is 6. The van der Waals surface area contributed by atoms with Crippen molar-refractivity contribution in [3.8, 4) is 5.75 Å². The van der Waals surface area contributed by atoms with Crippen LogP contribution in [0.3, 0.4) is 0 Å². The van der Waals surface area contributed by atoms with Crippen molar-refractivity contribution >= 4 is 29.1 Å². The molecule has 0 atom stereocenters. The van der Waals surface area contributed by atoms with E-state index in [0.29, 0.717) is 11.1 Å². The summed E-state index contributed by atoms with van der Waals surface area (Å²) in [5, 5.41) is 22.9.